The molecule has 0 saturated carbocycles. The molecule has 168 valence electrons. The van der Waals surface area contributed by atoms with Crippen LogP contribution in [0.3, 0.4) is 0 Å². The summed E-state index contributed by atoms with van der Waals surface area (Å²) in [4.78, 5) is 12.8. The van der Waals surface area contributed by atoms with Crippen LogP contribution in [0.5, 0.6) is 11.5 Å². The summed E-state index contributed by atoms with van der Waals surface area (Å²) in [5, 5.41) is 2.86. The van der Waals surface area contributed by atoms with Crippen LogP contribution in [0, 0.1) is 5.92 Å². The first kappa shape index (κ1) is 23.1. The zero-order valence-corrected chi connectivity index (χ0v) is 19.1. The molecular weight excluding hydrogens is 416 g/mol. The number of piperidine rings is 1. The first-order valence-electron chi connectivity index (χ1n) is 10.4. The molecule has 0 bridgehead atoms. The van der Waals surface area contributed by atoms with Gasteiger partial charge >= 0.3 is 0 Å². The van der Waals surface area contributed by atoms with Gasteiger partial charge in [0.1, 0.15) is 0 Å². The van der Waals surface area contributed by atoms with Crippen LogP contribution in [0.2, 0.25) is 0 Å². The van der Waals surface area contributed by atoms with Gasteiger partial charge in [-0.15, -0.1) is 0 Å². The number of sulfonamides is 1. The molecule has 3 rings (SSSR count). The van der Waals surface area contributed by atoms with Crippen molar-refractivity contribution in [1.82, 2.24) is 9.62 Å². The molecule has 1 saturated heterocycles. The number of methoxy groups -OCH3 is 2. The van der Waals surface area contributed by atoms with Crippen LogP contribution in [0.4, 0.5) is 0 Å². The maximum absolute atomic E-state index is 13.0. The van der Waals surface area contributed by atoms with Crippen molar-refractivity contribution in [2.75, 3.05) is 33.9 Å². The minimum atomic E-state index is -3.59. The molecule has 0 unspecified atom stereocenters. The fraction of sp³-hybridized carbons (Fsp3) is 0.435. The van der Waals surface area contributed by atoms with Gasteiger partial charge in [-0.25, -0.2) is 8.42 Å². The van der Waals surface area contributed by atoms with E-state index in [1.807, 2.05) is 18.2 Å². The first-order chi connectivity index (χ1) is 14.8. The Morgan fingerprint density at radius 3 is 2.45 bits per heavy atom. The standard InChI is InChI=1S/C23H30N2O5S/c1-17-10-13-25(14-11-17)31(27,28)20-6-4-5-19(16-20)23(26)24-12-9-18-7-8-21(29-2)22(15-18)30-3/h4-8,15-17H,9-14H2,1-3H3,(H,24,26). The summed E-state index contributed by atoms with van der Waals surface area (Å²) in [7, 11) is -0.432. The van der Waals surface area contributed by atoms with Gasteiger partial charge in [0.25, 0.3) is 5.91 Å². The van der Waals surface area contributed by atoms with E-state index in [2.05, 4.69) is 12.2 Å². The van der Waals surface area contributed by atoms with Crippen LogP contribution in [-0.2, 0) is 16.4 Å². The second kappa shape index (κ2) is 10.2. The average Bonchev–Trinajstić information content (AvgIpc) is 2.79. The number of ether oxygens (including phenoxy) is 2. The second-order valence-corrected chi connectivity index (χ2v) is 9.75. The second-order valence-electron chi connectivity index (χ2n) is 7.81. The van der Waals surface area contributed by atoms with Crippen molar-refractivity contribution >= 4 is 15.9 Å². The van der Waals surface area contributed by atoms with Gasteiger partial charge in [0.05, 0.1) is 19.1 Å². The van der Waals surface area contributed by atoms with Gasteiger partial charge < -0.3 is 14.8 Å². The monoisotopic (exact) mass is 446 g/mol. The Labute approximate surface area is 184 Å². The average molecular weight is 447 g/mol. The van der Waals surface area contributed by atoms with Gasteiger partial charge in [-0.1, -0.05) is 19.1 Å². The molecule has 1 heterocycles. The number of carbonyl (C=O) groups is 1. The molecule has 8 heteroatoms. The van der Waals surface area contributed by atoms with Crippen LogP contribution in [0.1, 0.15) is 35.7 Å². The number of nitrogens with zero attached hydrogens (tertiary/aromatic N) is 1. The zero-order chi connectivity index (χ0) is 22.4. The fourth-order valence-electron chi connectivity index (χ4n) is 3.63. The van der Waals surface area contributed by atoms with E-state index < -0.39 is 10.0 Å². The van der Waals surface area contributed by atoms with Crippen LogP contribution < -0.4 is 14.8 Å². The SMILES string of the molecule is COc1ccc(CCNC(=O)c2cccc(S(=O)(=O)N3CCC(C)CC3)c2)cc1OC. The number of nitrogens with one attached hydrogen (secondary N) is 1. The highest BCUT2D eigenvalue weighted by Gasteiger charge is 2.28. The molecule has 1 amide bonds. The number of rotatable bonds is 8. The Morgan fingerprint density at radius 1 is 1.06 bits per heavy atom. The Kier molecular flexibility index (Phi) is 7.56. The minimum absolute atomic E-state index is 0.162. The van der Waals surface area contributed by atoms with Crippen molar-refractivity contribution in [3.63, 3.8) is 0 Å². The lowest BCUT2D eigenvalue weighted by Gasteiger charge is -2.29. The number of amides is 1. The van der Waals surface area contributed by atoms with E-state index in [0.717, 1.165) is 18.4 Å². The van der Waals surface area contributed by atoms with E-state index in [4.69, 9.17) is 9.47 Å². The van der Waals surface area contributed by atoms with Crippen molar-refractivity contribution in [3.8, 4) is 11.5 Å². The number of carbonyl (C=O) groups excluding carboxylic acids is 1. The summed E-state index contributed by atoms with van der Waals surface area (Å²) in [5.41, 5.74) is 1.33. The maximum Gasteiger partial charge on any atom is 0.251 e. The van der Waals surface area contributed by atoms with Crippen molar-refractivity contribution < 1.29 is 22.7 Å². The third-order valence-electron chi connectivity index (χ3n) is 5.62. The van der Waals surface area contributed by atoms with Gasteiger partial charge in [-0.3, -0.25) is 4.79 Å². The van der Waals surface area contributed by atoms with Gasteiger partial charge in [-0.2, -0.15) is 4.31 Å². The van der Waals surface area contributed by atoms with Crippen LogP contribution in [0.25, 0.3) is 0 Å². The molecule has 1 N–H and O–H groups in total. The summed E-state index contributed by atoms with van der Waals surface area (Å²) < 4.78 is 38.0. The maximum atomic E-state index is 13.0. The molecule has 1 aliphatic rings. The molecule has 0 aliphatic carbocycles. The lowest BCUT2D eigenvalue weighted by atomic mass is 10.0. The smallest absolute Gasteiger partial charge is 0.251 e. The van der Waals surface area contributed by atoms with E-state index in [-0.39, 0.29) is 10.8 Å². The number of benzene rings is 2. The fourth-order valence-corrected chi connectivity index (χ4v) is 5.15. The van der Waals surface area contributed by atoms with Gasteiger partial charge in [0.15, 0.2) is 11.5 Å². The summed E-state index contributed by atoms with van der Waals surface area (Å²) >= 11 is 0. The summed E-state index contributed by atoms with van der Waals surface area (Å²) in [6, 6.07) is 11.9. The van der Waals surface area contributed by atoms with Gasteiger partial charge in [-0.05, 0) is 61.1 Å². The number of hydrogen-bond acceptors (Lipinski definition) is 5. The van der Waals surface area contributed by atoms with Crippen molar-refractivity contribution in [1.29, 1.82) is 0 Å². The summed E-state index contributed by atoms with van der Waals surface area (Å²) in [6.45, 7) is 3.59. The Morgan fingerprint density at radius 2 is 1.77 bits per heavy atom. The Bertz CT molecular complexity index is 1010. The molecule has 1 aliphatic heterocycles. The van der Waals surface area contributed by atoms with Crippen LogP contribution in [-0.4, -0.2) is 52.5 Å². The third-order valence-corrected chi connectivity index (χ3v) is 7.52. The van der Waals surface area contributed by atoms with E-state index in [9.17, 15) is 13.2 Å². The molecule has 0 radical (unpaired) electrons. The van der Waals surface area contributed by atoms with Gasteiger partial charge in [0.2, 0.25) is 10.0 Å². The predicted molar refractivity (Wildman–Crippen MR) is 119 cm³/mol. The quantitative estimate of drug-likeness (QED) is 0.674. The molecule has 7 nitrogen and oxygen atoms in total. The highest BCUT2D eigenvalue weighted by Crippen LogP contribution is 2.27. The van der Waals surface area contributed by atoms with E-state index in [0.29, 0.717) is 49.0 Å². The number of hydrogen-bond donors (Lipinski definition) is 1. The summed E-state index contributed by atoms with van der Waals surface area (Å²) in [6.07, 6.45) is 2.32. The zero-order valence-electron chi connectivity index (χ0n) is 18.3. The van der Waals surface area contributed by atoms with Crippen LogP contribution >= 0.6 is 0 Å². The van der Waals surface area contributed by atoms with Crippen molar-refractivity contribution in [2.24, 2.45) is 5.92 Å². The Hall–Kier alpha value is -2.58. The highest BCUT2D eigenvalue weighted by atomic mass is 32.2. The molecule has 0 atom stereocenters. The van der Waals surface area contributed by atoms with Crippen LogP contribution in [0.15, 0.2) is 47.4 Å². The minimum Gasteiger partial charge on any atom is -0.493 e. The third kappa shape index (κ3) is 5.57. The molecule has 31 heavy (non-hydrogen) atoms. The lowest BCUT2D eigenvalue weighted by Crippen LogP contribution is -2.38. The molecule has 2 aromatic rings. The largest absolute Gasteiger partial charge is 0.493 e. The topological polar surface area (TPSA) is 84.9 Å². The normalized spacial score (nSPS) is 15.5. The van der Waals surface area contributed by atoms with E-state index in [1.54, 1.807) is 32.4 Å². The lowest BCUT2D eigenvalue weighted by molar-refractivity contribution is 0.0954. The first-order valence-corrected chi connectivity index (χ1v) is 11.9. The molecule has 2 aromatic carbocycles. The van der Waals surface area contributed by atoms with Gasteiger partial charge in [0, 0.05) is 25.2 Å². The van der Waals surface area contributed by atoms with E-state index in [1.165, 1.54) is 10.4 Å². The Balaban J connectivity index is 1.62. The van der Waals surface area contributed by atoms with E-state index >= 15 is 0 Å². The van der Waals surface area contributed by atoms with Crippen molar-refractivity contribution in [2.45, 2.75) is 31.1 Å². The molecular formula is C23H30N2O5S. The predicted octanol–water partition coefficient (Wildman–Crippen LogP) is 3.10. The molecule has 0 spiro atoms. The highest BCUT2D eigenvalue weighted by molar-refractivity contribution is 7.89. The summed E-state index contributed by atoms with van der Waals surface area (Å²) in [5.74, 6) is 1.52. The van der Waals surface area contributed by atoms with Crippen molar-refractivity contribution in [3.05, 3.63) is 53.6 Å². The molecule has 1 fully saturated rings. The molecule has 0 aromatic heterocycles.